The zero-order valence-corrected chi connectivity index (χ0v) is 8.77. The van der Waals surface area contributed by atoms with Gasteiger partial charge < -0.3 is 4.74 Å². The fourth-order valence-electron chi connectivity index (χ4n) is 0.800. The number of ether oxygens (including phenoxy) is 1. The van der Waals surface area contributed by atoms with Crippen LogP contribution >= 0.6 is 11.3 Å². The van der Waals surface area contributed by atoms with E-state index in [-0.39, 0.29) is 12.2 Å². The van der Waals surface area contributed by atoms with Gasteiger partial charge in [0.2, 0.25) is 0 Å². The monoisotopic (exact) mass is 224 g/mol. The van der Waals surface area contributed by atoms with Crippen molar-refractivity contribution in [3.8, 4) is 0 Å². The van der Waals surface area contributed by atoms with Crippen LogP contribution in [0.5, 0.6) is 0 Å². The van der Waals surface area contributed by atoms with Crippen molar-refractivity contribution in [3.63, 3.8) is 0 Å². The molecule has 0 saturated carbocycles. The second-order valence-corrected chi connectivity index (χ2v) is 3.27. The van der Waals surface area contributed by atoms with E-state index in [4.69, 9.17) is 5.53 Å². The average Bonchev–Trinajstić information content (AvgIpc) is 2.72. The third-order valence-electron chi connectivity index (χ3n) is 1.43. The molecule has 0 fully saturated rings. The first kappa shape index (κ1) is 11.2. The summed E-state index contributed by atoms with van der Waals surface area (Å²) in [4.78, 5) is 17.6. The Morgan fingerprint density at radius 2 is 2.67 bits per heavy atom. The lowest BCUT2D eigenvalue weighted by Gasteiger charge is -1.90. The predicted octanol–water partition coefficient (Wildman–Crippen LogP) is 2.25. The zero-order valence-electron chi connectivity index (χ0n) is 7.95. The lowest BCUT2D eigenvalue weighted by Crippen LogP contribution is -2.00. The van der Waals surface area contributed by atoms with Gasteiger partial charge in [-0.25, -0.2) is 9.78 Å². The zero-order chi connectivity index (χ0) is 11.1. The number of nitrogens with zero attached hydrogens (tertiary/aromatic N) is 4. The van der Waals surface area contributed by atoms with Crippen LogP contribution in [0, 0.1) is 0 Å². The number of rotatable bonds is 4. The first-order chi connectivity index (χ1) is 7.27. The smallest absolute Gasteiger partial charge is 0.357 e. The van der Waals surface area contributed by atoms with Gasteiger partial charge in [-0.05, 0) is 11.6 Å². The topological polar surface area (TPSA) is 88.0 Å². The van der Waals surface area contributed by atoms with E-state index in [9.17, 15) is 4.79 Å². The summed E-state index contributed by atoms with van der Waals surface area (Å²) < 4.78 is 4.51. The van der Waals surface area contributed by atoms with Crippen molar-refractivity contribution in [2.75, 3.05) is 13.7 Å². The molecule has 0 atom stereocenters. The molecule has 0 bridgehead atoms. The molecule has 0 saturated heterocycles. The molecule has 1 heterocycles. The Bertz CT molecular complexity index is 420. The van der Waals surface area contributed by atoms with Gasteiger partial charge >= 0.3 is 5.97 Å². The Kier molecular flexibility index (Phi) is 4.33. The van der Waals surface area contributed by atoms with Crippen LogP contribution in [-0.4, -0.2) is 24.6 Å². The molecule has 0 unspecified atom stereocenters. The van der Waals surface area contributed by atoms with Crippen molar-refractivity contribution >= 4 is 23.4 Å². The van der Waals surface area contributed by atoms with Crippen LogP contribution in [0.15, 0.2) is 16.6 Å². The number of carbonyl (C=O) groups is 1. The van der Waals surface area contributed by atoms with Crippen LogP contribution in [0.25, 0.3) is 16.5 Å². The molecule has 15 heavy (non-hydrogen) atoms. The largest absolute Gasteiger partial charge is 0.464 e. The minimum Gasteiger partial charge on any atom is -0.464 e. The summed E-state index contributed by atoms with van der Waals surface area (Å²) in [7, 11) is 1.30. The van der Waals surface area contributed by atoms with E-state index in [1.54, 1.807) is 17.5 Å². The number of hydrogen-bond acceptors (Lipinski definition) is 5. The molecule has 6 nitrogen and oxygen atoms in total. The number of aromatic nitrogens is 1. The molecule has 0 aliphatic carbocycles. The molecule has 0 aliphatic rings. The summed E-state index contributed by atoms with van der Waals surface area (Å²) in [5, 5.41) is 5.60. The van der Waals surface area contributed by atoms with Crippen molar-refractivity contribution in [3.05, 3.63) is 32.6 Å². The predicted molar refractivity (Wildman–Crippen MR) is 56.5 cm³/mol. The maximum Gasteiger partial charge on any atom is 0.357 e. The fourth-order valence-corrected chi connectivity index (χ4v) is 1.51. The molecule has 0 amide bonds. The summed E-state index contributed by atoms with van der Waals surface area (Å²) >= 11 is 1.32. The summed E-state index contributed by atoms with van der Waals surface area (Å²) in [5.74, 6) is -0.457. The Morgan fingerprint density at radius 3 is 3.33 bits per heavy atom. The van der Waals surface area contributed by atoms with Crippen molar-refractivity contribution < 1.29 is 9.53 Å². The molecule has 1 aromatic rings. The molecule has 0 aromatic carbocycles. The van der Waals surface area contributed by atoms with E-state index in [0.29, 0.717) is 5.01 Å². The molecule has 7 heteroatoms. The van der Waals surface area contributed by atoms with Crippen molar-refractivity contribution in [1.29, 1.82) is 0 Å². The lowest BCUT2D eigenvalue weighted by atomic mass is 10.5. The number of carbonyl (C=O) groups excluding carboxylic acids is 1. The second-order valence-electron chi connectivity index (χ2n) is 2.38. The maximum absolute atomic E-state index is 11.0. The highest BCUT2D eigenvalue weighted by atomic mass is 32.1. The maximum atomic E-state index is 11.0. The third kappa shape index (κ3) is 3.41. The van der Waals surface area contributed by atoms with Crippen LogP contribution in [0.3, 0.4) is 0 Å². The molecule has 78 valence electrons. The third-order valence-corrected chi connectivity index (χ3v) is 2.24. The highest BCUT2D eigenvalue weighted by Gasteiger charge is 2.08. The molecule has 0 N–H and O–H groups in total. The van der Waals surface area contributed by atoms with Gasteiger partial charge in [-0.3, -0.25) is 0 Å². The number of esters is 1. The molecule has 1 aromatic heterocycles. The second kappa shape index (κ2) is 5.79. The van der Waals surface area contributed by atoms with E-state index in [2.05, 4.69) is 19.7 Å². The quantitative estimate of drug-likeness (QED) is 0.340. The Hall–Kier alpha value is -1.85. The van der Waals surface area contributed by atoms with Crippen LogP contribution in [-0.2, 0) is 4.74 Å². The van der Waals surface area contributed by atoms with Gasteiger partial charge in [0.15, 0.2) is 5.69 Å². The van der Waals surface area contributed by atoms with Crippen molar-refractivity contribution in [2.45, 2.75) is 0 Å². The first-order valence-corrected chi connectivity index (χ1v) is 4.87. The van der Waals surface area contributed by atoms with Gasteiger partial charge in [0, 0.05) is 16.8 Å². The molecule has 0 aliphatic heterocycles. The number of azide groups is 1. The van der Waals surface area contributed by atoms with Gasteiger partial charge in [0.05, 0.1) is 7.11 Å². The van der Waals surface area contributed by atoms with E-state index in [0.717, 1.165) is 0 Å². The summed E-state index contributed by atoms with van der Waals surface area (Å²) in [6.07, 6.45) is 3.35. The molecular weight excluding hydrogens is 216 g/mol. The highest BCUT2D eigenvalue weighted by molar-refractivity contribution is 7.10. The number of thiazole rings is 1. The molecule has 1 rings (SSSR count). The Labute approximate surface area is 89.8 Å². The van der Waals surface area contributed by atoms with E-state index >= 15 is 0 Å². The molecule has 0 radical (unpaired) electrons. The van der Waals surface area contributed by atoms with Crippen LogP contribution in [0.4, 0.5) is 0 Å². The molecule has 0 spiro atoms. The normalized spacial score (nSPS) is 9.93. The SMILES string of the molecule is COC(=O)c1csc(C=CCN=[N+]=[N-])n1. The lowest BCUT2D eigenvalue weighted by molar-refractivity contribution is 0.0595. The van der Waals surface area contributed by atoms with Crippen molar-refractivity contribution in [1.82, 2.24) is 4.98 Å². The van der Waals surface area contributed by atoms with E-state index in [1.165, 1.54) is 18.4 Å². The van der Waals surface area contributed by atoms with E-state index < -0.39 is 5.97 Å². The van der Waals surface area contributed by atoms with Gasteiger partial charge in [0.25, 0.3) is 0 Å². The average molecular weight is 224 g/mol. The van der Waals surface area contributed by atoms with Crippen LogP contribution in [0.1, 0.15) is 15.5 Å². The Balaban J connectivity index is 2.64. The van der Waals surface area contributed by atoms with Gasteiger partial charge in [-0.15, -0.1) is 11.3 Å². The van der Waals surface area contributed by atoms with E-state index in [1.807, 2.05) is 0 Å². The highest BCUT2D eigenvalue weighted by Crippen LogP contribution is 2.11. The fraction of sp³-hybridized carbons (Fsp3) is 0.250. The first-order valence-electron chi connectivity index (χ1n) is 3.99. The van der Waals surface area contributed by atoms with Crippen molar-refractivity contribution in [2.24, 2.45) is 5.11 Å². The van der Waals surface area contributed by atoms with Gasteiger partial charge in [0.1, 0.15) is 5.01 Å². The molecular formula is C8H8N4O2S. The summed E-state index contributed by atoms with van der Waals surface area (Å²) in [6, 6.07) is 0. The van der Waals surface area contributed by atoms with Gasteiger partial charge in [-0.2, -0.15) is 0 Å². The van der Waals surface area contributed by atoms with Crippen LogP contribution in [0.2, 0.25) is 0 Å². The summed E-state index contributed by atoms with van der Waals surface area (Å²) in [6.45, 7) is 0.267. The number of hydrogen-bond donors (Lipinski definition) is 0. The van der Waals surface area contributed by atoms with Gasteiger partial charge in [-0.1, -0.05) is 11.2 Å². The Morgan fingerprint density at radius 1 is 1.87 bits per heavy atom. The minimum atomic E-state index is -0.457. The minimum absolute atomic E-state index is 0.267. The van der Waals surface area contributed by atoms with Crippen LogP contribution < -0.4 is 0 Å². The number of methoxy groups -OCH3 is 1. The standard InChI is InChI=1S/C8H8N4O2S/c1-14-8(13)6-5-15-7(11-6)3-2-4-10-12-9/h2-3,5H,4H2,1H3. The summed E-state index contributed by atoms with van der Waals surface area (Å²) in [5.41, 5.74) is 8.31.